The molecule has 2 aliphatic rings. The first kappa shape index (κ1) is 14.3. The van der Waals surface area contributed by atoms with Crippen molar-refractivity contribution in [2.75, 3.05) is 16.0 Å². The summed E-state index contributed by atoms with van der Waals surface area (Å²) in [5, 5.41) is 2.94. The van der Waals surface area contributed by atoms with Gasteiger partial charge in [-0.15, -0.1) is 11.8 Å². The van der Waals surface area contributed by atoms with E-state index in [9.17, 15) is 9.59 Å². The van der Waals surface area contributed by atoms with E-state index >= 15 is 0 Å². The molecule has 1 fully saturated rings. The van der Waals surface area contributed by atoms with Crippen molar-refractivity contribution >= 4 is 35.0 Å². The van der Waals surface area contributed by atoms with Crippen molar-refractivity contribution in [2.24, 2.45) is 0 Å². The van der Waals surface area contributed by atoms with Crippen molar-refractivity contribution in [1.82, 2.24) is 0 Å². The van der Waals surface area contributed by atoms with E-state index in [1.807, 2.05) is 56.3 Å². The van der Waals surface area contributed by atoms with Crippen LogP contribution in [0.2, 0.25) is 0 Å². The monoisotopic (exact) mass is 324 g/mol. The largest absolute Gasteiger partial charge is 0.323 e. The highest BCUT2D eigenvalue weighted by Crippen LogP contribution is 2.53. The third-order valence-electron chi connectivity index (χ3n) is 4.36. The van der Waals surface area contributed by atoms with Crippen LogP contribution in [0.3, 0.4) is 0 Å². The summed E-state index contributed by atoms with van der Waals surface area (Å²) in [6.45, 7) is 4.00. The molecule has 1 saturated heterocycles. The van der Waals surface area contributed by atoms with Gasteiger partial charge in [-0.1, -0.05) is 35.4 Å². The summed E-state index contributed by atoms with van der Waals surface area (Å²) in [5.41, 5.74) is 4.62. The van der Waals surface area contributed by atoms with Crippen LogP contribution in [0.5, 0.6) is 0 Å². The number of hydrogen-bond acceptors (Lipinski definition) is 3. The minimum Gasteiger partial charge on any atom is -0.323 e. The van der Waals surface area contributed by atoms with Crippen molar-refractivity contribution in [2.45, 2.75) is 18.7 Å². The zero-order chi connectivity index (χ0) is 16.2. The predicted molar refractivity (Wildman–Crippen MR) is 92.6 cm³/mol. The average Bonchev–Trinajstić information content (AvgIpc) is 3.01. The normalized spacial score (nSPS) is 22.6. The summed E-state index contributed by atoms with van der Waals surface area (Å²) in [6, 6.07) is 13.6. The summed E-state index contributed by atoms with van der Waals surface area (Å²) >= 11 is 1.39. The fourth-order valence-corrected chi connectivity index (χ4v) is 4.54. The van der Waals surface area contributed by atoms with Gasteiger partial charge in [0.05, 0.1) is 5.75 Å². The number of carbonyl (C=O) groups is 2. The van der Waals surface area contributed by atoms with Gasteiger partial charge < -0.3 is 5.32 Å². The Bertz CT molecular complexity index is 831. The molecule has 0 aliphatic carbocycles. The fourth-order valence-electron chi connectivity index (χ4n) is 3.23. The summed E-state index contributed by atoms with van der Waals surface area (Å²) in [7, 11) is 0. The quantitative estimate of drug-likeness (QED) is 0.876. The van der Waals surface area contributed by atoms with Crippen LogP contribution in [-0.2, 0) is 14.5 Å². The molecule has 2 amide bonds. The summed E-state index contributed by atoms with van der Waals surface area (Å²) < 4.78 is 0. The second-order valence-corrected chi connectivity index (χ2v) is 7.17. The van der Waals surface area contributed by atoms with Crippen LogP contribution in [0.1, 0.15) is 16.7 Å². The number of thioether (sulfide) groups is 1. The Morgan fingerprint density at radius 1 is 1.04 bits per heavy atom. The second-order valence-electron chi connectivity index (χ2n) is 6.00. The standard InChI is InChI=1S/C18H16N2O2S/c1-11-3-6-13(7-4-11)20-16(21)10-23-18(20)14-9-12(2)5-8-15(14)19-17(18)22/h3-9H,10H2,1-2H3,(H,19,22)/t18-/m1/s1. The SMILES string of the molecule is Cc1ccc(N2C(=O)CS[C@]23C(=O)Nc2ccc(C)cc23)cc1. The smallest absolute Gasteiger partial charge is 0.266 e. The molecule has 2 aliphatic heterocycles. The highest BCUT2D eigenvalue weighted by Gasteiger charge is 2.58. The van der Waals surface area contributed by atoms with Gasteiger partial charge in [-0.25, -0.2) is 0 Å². The highest BCUT2D eigenvalue weighted by molar-refractivity contribution is 8.02. The first-order valence-electron chi connectivity index (χ1n) is 7.48. The molecular formula is C18H16N2O2S. The van der Waals surface area contributed by atoms with Crippen LogP contribution >= 0.6 is 11.8 Å². The van der Waals surface area contributed by atoms with Gasteiger partial charge in [0.2, 0.25) is 10.8 Å². The Morgan fingerprint density at radius 3 is 2.48 bits per heavy atom. The van der Waals surface area contributed by atoms with Crippen LogP contribution in [-0.4, -0.2) is 17.6 Å². The van der Waals surface area contributed by atoms with Gasteiger partial charge in [-0.3, -0.25) is 14.5 Å². The number of carbonyl (C=O) groups excluding carboxylic acids is 2. The van der Waals surface area contributed by atoms with E-state index in [1.54, 1.807) is 4.90 Å². The van der Waals surface area contributed by atoms with Crippen molar-refractivity contribution in [1.29, 1.82) is 0 Å². The zero-order valence-electron chi connectivity index (χ0n) is 12.9. The molecule has 1 N–H and O–H groups in total. The molecule has 0 saturated carbocycles. The third-order valence-corrected chi connectivity index (χ3v) is 5.75. The van der Waals surface area contributed by atoms with E-state index in [1.165, 1.54) is 11.8 Å². The number of nitrogens with one attached hydrogen (secondary N) is 1. The van der Waals surface area contributed by atoms with Crippen molar-refractivity contribution in [3.05, 3.63) is 59.2 Å². The molecule has 2 aromatic carbocycles. The molecule has 23 heavy (non-hydrogen) atoms. The molecule has 2 aromatic rings. The highest BCUT2D eigenvalue weighted by atomic mass is 32.2. The molecule has 5 heteroatoms. The summed E-state index contributed by atoms with van der Waals surface area (Å²) in [4.78, 5) is 26.1. The summed E-state index contributed by atoms with van der Waals surface area (Å²) in [5.74, 6) is 0.118. The van der Waals surface area contributed by atoms with Crippen molar-refractivity contribution < 1.29 is 9.59 Å². The lowest BCUT2D eigenvalue weighted by Crippen LogP contribution is -2.47. The topological polar surface area (TPSA) is 49.4 Å². The van der Waals surface area contributed by atoms with Crippen LogP contribution in [0.15, 0.2) is 42.5 Å². The maximum Gasteiger partial charge on any atom is 0.266 e. The minimum absolute atomic E-state index is 0.0386. The van der Waals surface area contributed by atoms with Crippen LogP contribution in [0.25, 0.3) is 0 Å². The Balaban J connectivity index is 1.93. The third kappa shape index (κ3) is 1.93. The second kappa shape index (κ2) is 4.86. The van der Waals surface area contributed by atoms with E-state index in [2.05, 4.69) is 5.32 Å². The van der Waals surface area contributed by atoms with Crippen LogP contribution in [0, 0.1) is 13.8 Å². The molecule has 0 unspecified atom stereocenters. The number of amides is 2. The average molecular weight is 324 g/mol. The van der Waals surface area contributed by atoms with Gasteiger partial charge >= 0.3 is 0 Å². The number of nitrogens with zero attached hydrogens (tertiary/aromatic N) is 1. The Kier molecular flexibility index (Phi) is 3.03. The number of aryl methyl sites for hydroxylation is 2. The first-order valence-corrected chi connectivity index (χ1v) is 8.47. The molecule has 4 rings (SSSR count). The lowest BCUT2D eigenvalue weighted by Gasteiger charge is -2.32. The maximum absolute atomic E-state index is 12.8. The van der Waals surface area contributed by atoms with Crippen molar-refractivity contribution in [3.63, 3.8) is 0 Å². The number of benzene rings is 2. The van der Waals surface area contributed by atoms with E-state index in [-0.39, 0.29) is 11.8 Å². The summed E-state index contributed by atoms with van der Waals surface area (Å²) in [6.07, 6.45) is 0. The van der Waals surface area contributed by atoms with Gasteiger partial charge in [-0.2, -0.15) is 0 Å². The van der Waals surface area contributed by atoms with Gasteiger partial charge in [-0.05, 0) is 32.0 Å². The fraction of sp³-hybridized carbons (Fsp3) is 0.222. The molecule has 116 valence electrons. The van der Waals surface area contributed by atoms with Gasteiger partial charge in [0, 0.05) is 16.9 Å². The van der Waals surface area contributed by atoms with Crippen LogP contribution < -0.4 is 10.2 Å². The molecule has 1 atom stereocenters. The molecule has 0 aromatic heterocycles. The number of hydrogen-bond donors (Lipinski definition) is 1. The van der Waals surface area contributed by atoms with Crippen LogP contribution in [0.4, 0.5) is 11.4 Å². The predicted octanol–water partition coefficient (Wildman–Crippen LogP) is 3.19. The number of anilines is 2. The zero-order valence-corrected chi connectivity index (χ0v) is 13.7. The van der Waals surface area contributed by atoms with E-state index in [0.717, 1.165) is 28.1 Å². The maximum atomic E-state index is 12.8. The van der Waals surface area contributed by atoms with E-state index in [4.69, 9.17) is 0 Å². The lowest BCUT2D eigenvalue weighted by molar-refractivity contribution is -0.122. The molecule has 4 nitrogen and oxygen atoms in total. The number of fused-ring (bicyclic) bond motifs is 2. The Hall–Kier alpha value is -2.27. The minimum atomic E-state index is -0.992. The van der Waals surface area contributed by atoms with Crippen molar-refractivity contribution in [3.8, 4) is 0 Å². The van der Waals surface area contributed by atoms with E-state index < -0.39 is 4.87 Å². The van der Waals surface area contributed by atoms with Gasteiger partial charge in [0.25, 0.3) is 5.91 Å². The van der Waals surface area contributed by atoms with E-state index in [0.29, 0.717) is 5.75 Å². The molecule has 0 radical (unpaired) electrons. The lowest BCUT2D eigenvalue weighted by atomic mass is 10.0. The molecule has 2 heterocycles. The Labute approximate surface area is 138 Å². The molecule has 1 spiro atoms. The molecular weight excluding hydrogens is 308 g/mol. The van der Waals surface area contributed by atoms with Gasteiger partial charge in [0.15, 0.2) is 0 Å². The first-order chi connectivity index (χ1) is 11.0. The molecule has 0 bridgehead atoms. The Morgan fingerprint density at radius 2 is 1.74 bits per heavy atom. The van der Waals surface area contributed by atoms with Gasteiger partial charge in [0.1, 0.15) is 0 Å². The number of rotatable bonds is 1.